The molecule has 0 spiro atoms. The van der Waals surface area contributed by atoms with Crippen molar-refractivity contribution in [2.24, 2.45) is 0 Å². The van der Waals surface area contributed by atoms with Crippen LogP contribution in [0.5, 0.6) is 0 Å². The monoisotopic (exact) mass is 243 g/mol. The van der Waals surface area contributed by atoms with E-state index in [-0.39, 0.29) is 18.4 Å². The van der Waals surface area contributed by atoms with E-state index in [9.17, 15) is 4.79 Å². The zero-order valence-corrected chi connectivity index (χ0v) is 10.5. The Bertz CT molecular complexity index is 329. The Morgan fingerprint density at radius 2 is 2.06 bits per heavy atom. The Morgan fingerprint density at radius 3 is 2.69 bits per heavy atom. The molecule has 3 nitrogen and oxygen atoms in total. The van der Waals surface area contributed by atoms with Crippen LogP contribution in [0.15, 0.2) is 24.3 Å². The molecule has 1 aromatic rings. The predicted octanol–water partition coefficient (Wildman–Crippen LogP) is -2.37. The second-order valence-electron chi connectivity index (χ2n) is 3.55. The van der Waals surface area contributed by atoms with Gasteiger partial charge in [-0.05, 0) is 12.5 Å². The fourth-order valence-corrected chi connectivity index (χ4v) is 1.38. The maximum Gasteiger partial charge on any atom is 0.302 e. The largest absolute Gasteiger partial charge is 1.00 e. The van der Waals surface area contributed by atoms with Crippen molar-refractivity contribution < 1.29 is 27.3 Å². The molecule has 0 saturated heterocycles. The summed E-state index contributed by atoms with van der Waals surface area (Å²) in [6, 6.07) is 8.31. The van der Waals surface area contributed by atoms with Crippen LogP contribution in [-0.2, 0) is 16.1 Å². The fourth-order valence-electron chi connectivity index (χ4n) is 1.38. The topological polar surface area (TPSA) is 42.9 Å². The van der Waals surface area contributed by atoms with Gasteiger partial charge in [0.2, 0.25) is 0 Å². The third-order valence-electron chi connectivity index (χ3n) is 2.25. The molecule has 4 heteroatoms. The number of ether oxygens (including phenoxy) is 1. The standard InChI is InChI=1S/C12H17NO2.ClH/c1-10-5-3-4-6-12(10)9-13-7-8-15-11(2)14;/h3-6,13H,7-9H2,1-2H3;1H. The summed E-state index contributed by atoms with van der Waals surface area (Å²) in [5.41, 5.74) is 2.64. The third kappa shape index (κ3) is 5.73. The molecule has 0 aromatic heterocycles. The first-order valence-corrected chi connectivity index (χ1v) is 5.19. The number of hydrogen-bond acceptors (Lipinski definition) is 2. The molecule has 0 aliphatic heterocycles. The van der Waals surface area contributed by atoms with Gasteiger partial charge in [-0.2, -0.15) is 0 Å². The number of benzene rings is 1. The van der Waals surface area contributed by atoms with Gasteiger partial charge >= 0.3 is 5.97 Å². The van der Waals surface area contributed by atoms with Crippen LogP contribution in [0.2, 0.25) is 0 Å². The molecule has 0 amide bonds. The van der Waals surface area contributed by atoms with Crippen LogP contribution in [0.3, 0.4) is 0 Å². The number of halogens is 1. The van der Waals surface area contributed by atoms with E-state index >= 15 is 0 Å². The van der Waals surface area contributed by atoms with Crippen molar-refractivity contribution in [1.29, 1.82) is 0 Å². The molecule has 0 saturated carbocycles. The van der Waals surface area contributed by atoms with Gasteiger partial charge in [0.05, 0.1) is 0 Å². The summed E-state index contributed by atoms with van der Waals surface area (Å²) >= 11 is 0. The molecular weight excluding hydrogens is 226 g/mol. The molecule has 0 unspecified atom stereocenters. The maximum absolute atomic E-state index is 10.5. The molecule has 0 heterocycles. The first kappa shape index (κ1) is 14.9. The van der Waals surface area contributed by atoms with Crippen LogP contribution in [-0.4, -0.2) is 19.1 Å². The van der Waals surface area contributed by atoms with Crippen molar-refractivity contribution in [2.45, 2.75) is 20.4 Å². The summed E-state index contributed by atoms with van der Waals surface area (Å²) in [5, 5.41) is 2.14. The average Bonchev–Trinajstić information content (AvgIpc) is 2.20. The second kappa shape index (κ2) is 8.13. The van der Waals surface area contributed by atoms with E-state index in [1.165, 1.54) is 18.1 Å². The number of quaternary nitrogens is 1. The summed E-state index contributed by atoms with van der Waals surface area (Å²) < 4.78 is 4.84. The van der Waals surface area contributed by atoms with Crippen molar-refractivity contribution in [1.82, 2.24) is 0 Å². The average molecular weight is 244 g/mol. The summed E-state index contributed by atoms with van der Waals surface area (Å²) in [6.45, 7) is 5.78. The van der Waals surface area contributed by atoms with Crippen LogP contribution >= 0.6 is 0 Å². The minimum absolute atomic E-state index is 0. The van der Waals surface area contributed by atoms with E-state index in [0.717, 1.165) is 13.1 Å². The van der Waals surface area contributed by atoms with Gasteiger partial charge < -0.3 is 22.5 Å². The molecule has 0 fully saturated rings. The molecule has 0 atom stereocenters. The number of carbonyl (C=O) groups is 1. The van der Waals surface area contributed by atoms with E-state index in [2.05, 4.69) is 24.4 Å². The zero-order valence-electron chi connectivity index (χ0n) is 9.70. The Kier molecular flexibility index (Phi) is 7.60. The lowest BCUT2D eigenvalue weighted by atomic mass is 10.1. The highest BCUT2D eigenvalue weighted by atomic mass is 35.5. The number of nitrogens with two attached hydrogens (primary N) is 1. The van der Waals surface area contributed by atoms with Gasteiger partial charge in [-0.25, -0.2) is 0 Å². The molecule has 0 aliphatic carbocycles. The lowest BCUT2D eigenvalue weighted by Crippen LogP contribution is -3.00. The van der Waals surface area contributed by atoms with Crippen LogP contribution in [0, 0.1) is 6.92 Å². The SMILES string of the molecule is CC(=O)OCC[NH2+]Cc1ccccc1C.[Cl-]. The van der Waals surface area contributed by atoms with Crippen LogP contribution in [0.1, 0.15) is 18.1 Å². The summed E-state index contributed by atoms with van der Waals surface area (Å²) in [6.07, 6.45) is 0. The van der Waals surface area contributed by atoms with Gasteiger partial charge in [0.15, 0.2) is 0 Å². The number of rotatable bonds is 5. The quantitative estimate of drug-likeness (QED) is 0.464. The second-order valence-corrected chi connectivity index (χ2v) is 3.55. The van der Waals surface area contributed by atoms with Gasteiger partial charge in [-0.15, -0.1) is 0 Å². The molecule has 1 aromatic carbocycles. The molecule has 0 aliphatic rings. The Hall–Kier alpha value is -1.06. The Balaban J connectivity index is 0.00000225. The van der Waals surface area contributed by atoms with E-state index < -0.39 is 0 Å². The number of hydrogen-bond donors (Lipinski definition) is 1. The number of carbonyl (C=O) groups excluding carboxylic acids is 1. The Labute approximate surface area is 103 Å². The van der Waals surface area contributed by atoms with E-state index in [1.54, 1.807) is 0 Å². The van der Waals surface area contributed by atoms with Gasteiger partial charge in [-0.1, -0.05) is 24.3 Å². The summed E-state index contributed by atoms with van der Waals surface area (Å²) in [7, 11) is 0. The Morgan fingerprint density at radius 1 is 1.38 bits per heavy atom. The lowest BCUT2D eigenvalue weighted by molar-refractivity contribution is -0.671. The predicted molar refractivity (Wildman–Crippen MR) is 58.3 cm³/mol. The fraction of sp³-hybridized carbons (Fsp3) is 0.417. The molecule has 1 rings (SSSR count). The van der Waals surface area contributed by atoms with Crippen molar-refractivity contribution in [3.63, 3.8) is 0 Å². The van der Waals surface area contributed by atoms with Gasteiger partial charge in [-0.3, -0.25) is 4.79 Å². The molecule has 0 radical (unpaired) electrons. The van der Waals surface area contributed by atoms with Crippen molar-refractivity contribution in [3.05, 3.63) is 35.4 Å². The van der Waals surface area contributed by atoms with Gasteiger partial charge in [0.1, 0.15) is 19.7 Å². The number of esters is 1. The summed E-state index contributed by atoms with van der Waals surface area (Å²) in [5.74, 6) is -0.209. The summed E-state index contributed by atoms with van der Waals surface area (Å²) in [4.78, 5) is 10.5. The lowest BCUT2D eigenvalue weighted by Gasteiger charge is -2.04. The minimum Gasteiger partial charge on any atom is -1.00 e. The van der Waals surface area contributed by atoms with E-state index in [0.29, 0.717) is 6.61 Å². The zero-order chi connectivity index (χ0) is 11.1. The molecule has 0 bridgehead atoms. The van der Waals surface area contributed by atoms with Gasteiger partial charge in [0, 0.05) is 12.5 Å². The highest BCUT2D eigenvalue weighted by Crippen LogP contribution is 2.03. The third-order valence-corrected chi connectivity index (χ3v) is 2.25. The minimum atomic E-state index is -0.209. The molecular formula is C12H18ClNO2. The first-order valence-electron chi connectivity index (χ1n) is 5.19. The normalized spacial score (nSPS) is 9.38. The van der Waals surface area contributed by atoms with E-state index in [1.807, 2.05) is 12.1 Å². The maximum atomic E-state index is 10.5. The van der Waals surface area contributed by atoms with Crippen molar-refractivity contribution >= 4 is 5.97 Å². The van der Waals surface area contributed by atoms with E-state index in [4.69, 9.17) is 4.74 Å². The van der Waals surface area contributed by atoms with Crippen LogP contribution in [0.25, 0.3) is 0 Å². The highest BCUT2D eigenvalue weighted by molar-refractivity contribution is 5.65. The smallest absolute Gasteiger partial charge is 0.302 e. The number of aryl methyl sites for hydroxylation is 1. The molecule has 90 valence electrons. The molecule has 2 N–H and O–H groups in total. The van der Waals surface area contributed by atoms with Crippen LogP contribution < -0.4 is 17.7 Å². The van der Waals surface area contributed by atoms with Gasteiger partial charge in [0.25, 0.3) is 0 Å². The van der Waals surface area contributed by atoms with Crippen molar-refractivity contribution in [2.75, 3.05) is 13.2 Å². The highest BCUT2D eigenvalue weighted by Gasteiger charge is 1.99. The van der Waals surface area contributed by atoms with Crippen molar-refractivity contribution in [3.8, 4) is 0 Å². The molecule has 16 heavy (non-hydrogen) atoms. The first-order chi connectivity index (χ1) is 7.20. The van der Waals surface area contributed by atoms with Crippen LogP contribution in [0.4, 0.5) is 0 Å².